The Labute approximate surface area is 240 Å². The third-order valence-corrected chi connectivity index (χ3v) is 18.5. The molecule has 198 valence electrons. The van der Waals surface area contributed by atoms with Crippen LogP contribution in [0.25, 0.3) is 5.57 Å². The van der Waals surface area contributed by atoms with Gasteiger partial charge in [-0.3, -0.25) is 0 Å². The van der Waals surface area contributed by atoms with Crippen LogP contribution in [0, 0.1) is 23.2 Å². The number of hydrogen-bond acceptors (Lipinski definition) is 0. The molecule has 0 aromatic heterocycles. The molecule has 1 fully saturated rings. The van der Waals surface area contributed by atoms with Gasteiger partial charge in [-0.1, -0.05) is 130 Å². The second kappa shape index (κ2) is 8.95. The summed E-state index contributed by atoms with van der Waals surface area (Å²) in [6.45, 7) is 10.2. The van der Waals surface area contributed by atoms with E-state index in [2.05, 4.69) is 125 Å². The first-order valence-corrected chi connectivity index (χ1v) is 17.8. The van der Waals surface area contributed by atoms with Crippen molar-refractivity contribution in [1.29, 1.82) is 0 Å². The van der Waals surface area contributed by atoms with Crippen LogP contribution in [-0.2, 0) is 6.42 Å². The molecular weight excluding hydrogens is 508 g/mol. The minimum Gasteiger partial charge on any atom is -0.154 e. The molecule has 4 unspecified atom stereocenters. The molecule has 0 N–H and O–H groups in total. The highest BCUT2D eigenvalue weighted by Gasteiger charge is 2.67. The molecule has 0 aliphatic heterocycles. The van der Waals surface area contributed by atoms with Crippen molar-refractivity contribution in [1.82, 2.24) is 0 Å². The van der Waals surface area contributed by atoms with Crippen LogP contribution in [0.1, 0.15) is 58.1 Å². The van der Waals surface area contributed by atoms with Crippen molar-refractivity contribution in [2.75, 3.05) is 0 Å². The van der Waals surface area contributed by atoms with Gasteiger partial charge in [0.1, 0.15) is 0 Å². The number of halogens is 1. The number of fused-ring (bicyclic) bond motifs is 6. The number of allylic oxidation sites excluding steroid dienone is 6. The first kappa shape index (κ1) is 25.4. The molecule has 0 heterocycles. The van der Waals surface area contributed by atoms with E-state index in [4.69, 9.17) is 11.1 Å². The Balaban J connectivity index is 1.61. The maximum Gasteiger partial charge on any atom is 0.227 e. The first-order valence-electron chi connectivity index (χ1n) is 14.8. The van der Waals surface area contributed by atoms with Gasteiger partial charge in [-0.2, -0.15) is 11.1 Å². The molecule has 0 saturated heterocycles. The number of rotatable bonds is 3. The van der Waals surface area contributed by atoms with E-state index in [1.165, 1.54) is 40.8 Å². The Morgan fingerprint density at radius 3 is 2.08 bits per heavy atom. The third kappa shape index (κ3) is 3.30. The van der Waals surface area contributed by atoms with Gasteiger partial charge in [0.05, 0.1) is 0 Å². The van der Waals surface area contributed by atoms with Gasteiger partial charge in [0.15, 0.2) is 0 Å². The van der Waals surface area contributed by atoms with E-state index in [-0.39, 0.29) is 10.5 Å². The molecule has 1 saturated carbocycles. The van der Waals surface area contributed by atoms with Crippen molar-refractivity contribution in [3.8, 4) is 0 Å². The van der Waals surface area contributed by atoms with Gasteiger partial charge in [-0.25, -0.2) is 0 Å². The molecule has 4 atom stereocenters. The van der Waals surface area contributed by atoms with Crippen LogP contribution in [-0.4, -0.2) is 7.38 Å². The van der Waals surface area contributed by atoms with Crippen LogP contribution in [0.5, 0.6) is 0 Å². The fraction of sp³-hybridized carbons (Fsp3) is 0.351. The quantitative estimate of drug-likeness (QED) is 0.227. The van der Waals surface area contributed by atoms with Gasteiger partial charge in [0, 0.05) is 5.04 Å². The Bertz CT molecular complexity index is 1490. The summed E-state index contributed by atoms with van der Waals surface area (Å²) < 4.78 is 0. The fourth-order valence-electron chi connectivity index (χ4n) is 8.98. The fourth-order valence-corrected chi connectivity index (χ4v) is 15.4. The lowest BCUT2D eigenvalue weighted by Gasteiger charge is -2.64. The lowest BCUT2D eigenvalue weighted by Crippen LogP contribution is -2.69. The highest BCUT2D eigenvalue weighted by atomic mass is 35.6. The summed E-state index contributed by atoms with van der Waals surface area (Å²) in [6.07, 6.45) is 9.62. The van der Waals surface area contributed by atoms with Crippen molar-refractivity contribution in [3.05, 3.63) is 125 Å². The van der Waals surface area contributed by atoms with Crippen LogP contribution in [0.2, 0.25) is 5.04 Å². The third-order valence-electron chi connectivity index (χ3n) is 11.5. The van der Waals surface area contributed by atoms with E-state index in [0.717, 1.165) is 6.42 Å². The first-order chi connectivity index (χ1) is 18.8. The van der Waals surface area contributed by atoms with Crippen LogP contribution < -0.4 is 10.4 Å². The SMILES string of the molecule is CC1CC2C(=C3Cc4ccccc4C3=C3C=CCCC32)C(C)([Si](Cl)(c2ccccc2)c2ccccc2)C1(C)C. The minimum atomic E-state index is -2.86. The van der Waals surface area contributed by atoms with Gasteiger partial charge in [0.2, 0.25) is 7.38 Å². The van der Waals surface area contributed by atoms with Gasteiger partial charge in [-0.15, -0.1) is 0 Å². The van der Waals surface area contributed by atoms with Crippen LogP contribution >= 0.6 is 11.1 Å². The lowest BCUT2D eigenvalue weighted by molar-refractivity contribution is 0.0866. The van der Waals surface area contributed by atoms with Gasteiger partial charge < -0.3 is 0 Å². The molecule has 0 nitrogen and oxygen atoms in total. The summed E-state index contributed by atoms with van der Waals surface area (Å²) in [7, 11) is -2.86. The molecule has 0 radical (unpaired) electrons. The normalized spacial score (nSPS) is 29.0. The van der Waals surface area contributed by atoms with Gasteiger partial charge >= 0.3 is 0 Å². The van der Waals surface area contributed by atoms with Crippen molar-refractivity contribution in [2.24, 2.45) is 23.2 Å². The summed E-state index contributed by atoms with van der Waals surface area (Å²) in [5.74, 6) is 1.69. The number of benzene rings is 3. The van der Waals surface area contributed by atoms with Crippen LogP contribution in [0.15, 0.2) is 114 Å². The average molecular weight is 547 g/mol. The molecule has 3 aromatic rings. The van der Waals surface area contributed by atoms with Crippen LogP contribution in [0.4, 0.5) is 0 Å². The molecule has 39 heavy (non-hydrogen) atoms. The zero-order valence-corrected chi connectivity index (χ0v) is 25.4. The molecule has 0 bridgehead atoms. The van der Waals surface area contributed by atoms with E-state index in [1.54, 1.807) is 22.3 Å². The second-order valence-electron chi connectivity index (χ2n) is 13.1. The maximum absolute atomic E-state index is 8.53. The predicted octanol–water partition coefficient (Wildman–Crippen LogP) is 8.71. The second-order valence-corrected chi connectivity index (χ2v) is 18.3. The zero-order valence-electron chi connectivity index (χ0n) is 23.7. The molecule has 4 aliphatic carbocycles. The summed E-state index contributed by atoms with van der Waals surface area (Å²) in [5, 5.41) is 2.50. The Morgan fingerprint density at radius 1 is 0.795 bits per heavy atom. The molecule has 0 amide bonds. The molecular formula is C37H39ClSi. The Morgan fingerprint density at radius 2 is 1.41 bits per heavy atom. The van der Waals surface area contributed by atoms with Gasteiger partial charge in [0.25, 0.3) is 0 Å². The summed E-state index contributed by atoms with van der Waals surface area (Å²) in [4.78, 5) is 0. The van der Waals surface area contributed by atoms with Crippen molar-refractivity contribution >= 4 is 34.4 Å². The summed E-state index contributed by atoms with van der Waals surface area (Å²) >= 11 is 8.53. The monoisotopic (exact) mass is 546 g/mol. The summed E-state index contributed by atoms with van der Waals surface area (Å²) in [5.41, 5.74) is 9.42. The highest BCUT2D eigenvalue weighted by Crippen LogP contribution is 2.72. The molecule has 2 heteroatoms. The van der Waals surface area contributed by atoms with E-state index in [1.807, 2.05) is 0 Å². The molecule has 7 rings (SSSR count). The Kier molecular flexibility index (Phi) is 5.82. The standard InChI is InChI=1S/C37H39ClSi/c1-25-23-32-30-21-13-14-22-31(30)34-29-20-12-11-15-26(29)24-33(34)35(32)37(4,36(25,2)3)39(38,27-16-7-5-8-17-27)28-18-9-6-10-19-28/h5-12,14-20,22,25,30,32H,13,21,23-24H2,1-4H3. The molecule has 3 aromatic carbocycles. The smallest absolute Gasteiger partial charge is 0.154 e. The molecule has 0 spiro atoms. The average Bonchev–Trinajstić information content (AvgIpc) is 3.36. The van der Waals surface area contributed by atoms with E-state index in [9.17, 15) is 0 Å². The Hall–Kier alpha value is -2.61. The maximum atomic E-state index is 8.53. The number of hydrogen-bond donors (Lipinski definition) is 0. The van der Waals surface area contributed by atoms with Crippen molar-refractivity contribution in [3.63, 3.8) is 0 Å². The minimum absolute atomic E-state index is 0.0212. The largest absolute Gasteiger partial charge is 0.227 e. The van der Waals surface area contributed by atoms with Crippen molar-refractivity contribution < 1.29 is 0 Å². The van der Waals surface area contributed by atoms with E-state index < -0.39 is 7.38 Å². The molecule has 4 aliphatic rings. The highest BCUT2D eigenvalue weighted by molar-refractivity contribution is 7.35. The van der Waals surface area contributed by atoms with E-state index >= 15 is 0 Å². The predicted molar refractivity (Wildman–Crippen MR) is 169 cm³/mol. The van der Waals surface area contributed by atoms with Gasteiger partial charge in [-0.05, 0) is 87.1 Å². The van der Waals surface area contributed by atoms with E-state index in [0.29, 0.717) is 17.8 Å². The van der Waals surface area contributed by atoms with Crippen molar-refractivity contribution in [2.45, 2.75) is 58.4 Å². The summed E-state index contributed by atoms with van der Waals surface area (Å²) in [6, 6.07) is 31.5. The topological polar surface area (TPSA) is 0 Å². The zero-order chi connectivity index (χ0) is 27.0. The van der Waals surface area contributed by atoms with Crippen LogP contribution in [0.3, 0.4) is 0 Å². The lowest BCUT2D eigenvalue weighted by atomic mass is 9.51.